The molecule has 6 rings (SSSR count). The van der Waals surface area contributed by atoms with Gasteiger partial charge >= 0.3 is 0 Å². The van der Waals surface area contributed by atoms with Crippen molar-refractivity contribution in [1.82, 2.24) is 24.3 Å². The minimum absolute atomic E-state index is 0.0192. The molecule has 0 unspecified atom stereocenters. The van der Waals surface area contributed by atoms with E-state index in [9.17, 15) is 14.5 Å². The van der Waals surface area contributed by atoms with E-state index in [1.54, 1.807) is 37.7 Å². The molecule has 12 heteroatoms. The van der Waals surface area contributed by atoms with Gasteiger partial charge in [0.2, 0.25) is 0 Å². The van der Waals surface area contributed by atoms with Crippen LogP contribution in [0.2, 0.25) is 0 Å². The number of nitrogens with zero attached hydrogens (tertiary/aromatic N) is 7. The van der Waals surface area contributed by atoms with Gasteiger partial charge in [0.1, 0.15) is 28.9 Å². The third-order valence-electron chi connectivity index (χ3n) is 8.38. The van der Waals surface area contributed by atoms with Crippen molar-refractivity contribution < 1.29 is 14.1 Å². The average molecular weight is 587 g/mol. The van der Waals surface area contributed by atoms with E-state index in [1.165, 1.54) is 18.2 Å². The molecule has 0 amide bonds. The van der Waals surface area contributed by atoms with E-state index >= 15 is 0 Å². The van der Waals surface area contributed by atoms with Gasteiger partial charge in [-0.05, 0) is 50.2 Å². The molecule has 0 radical (unpaired) electrons. The van der Waals surface area contributed by atoms with Crippen LogP contribution < -0.4 is 15.0 Å². The third-order valence-corrected chi connectivity index (χ3v) is 8.38. The Balaban J connectivity index is 1.23. The summed E-state index contributed by atoms with van der Waals surface area (Å²) in [6, 6.07) is 13.6. The van der Waals surface area contributed by atoms with E-state index in [2.05, 4.69) is 37.0 Å². The number of ether oxygens (including phenoxy) is 1. The predicted molar refractivity (Wildman–Crippen MR) is 164 cm³/mol. The lowest BCUT2D eigenvalue weighted by atomic mass is 10.0. The van der Waals surface area contributed by atoms with Crippen LogP contribution in [0.25, 0.3) is 17.1 Å². The fourth-order valence-corrected chi connectivity index (χ4v) is 5.98. The number of piperazine rings is 1. The second-order valence-corrected chi connectivity index (χ2v) is 11.0. The van der Waals surface area contributed by atoms with E-state index in [1.807, 2.05) is 22.9 Å². The first-order valence-electron chi connectivity index (χ1n) is 14.5. The molecule has 43 heavy (non-hydrogen) atoms. The van der Waals surface area contributed by atoms with Gasteiger partial charge < -0.3 is 19.9 Å². The monoisotopic (exact) mass is 586 g/mol. The molecule has 0 spiro atoms. The molecule has 4 aromatic rings. The molecule has 1 N–H and O–H groups in total. The fourth-order valence-electron chi connectivity index (χ4n) is 5.98. The van der Waals surface area contributed by atoms with Crippen LogP contribution in [0, 0.1) is 15.9 Å². The number of nitrogens with one attached hydrogen (secondary N) is 1. The standard InChI is InChI=1S/C31H35FN8O3/c1-36-15-17-37(18-16-36)24-8-12-38(13-9-24)27-21-29(43-2)26(20-28(27)40(41)42)35-30-19-25(7-10-33-30)39-14-11-34-31(39)22-3-5-23(32)6-4-22/h3-7,10-11,14,19-21,24H,8-9,12-13,15-18H2,1-2H3,(H,33,35). The Bertz CT molecular complexity index is 1580. The summed E-state index contributed by atoms with van der Waals surface area (Å²) in [5.74, 6) is 1.29. The Hall–Kier alpha value is -4.55. The van der Waals surface area contributed by atoms with Gasteiger partial charge in [0, 0.05) is 87.7 Å². The second kappa shape index (κ2) is 12.4. The van der Waals surface area contributed by atoms with Crippen molar-refractivity contribution in [3.63, 3.8) is 0 Å². The summed E-state index contributed by atoms with van der Waals surface area (Å²) in [7, 11) is 3.71. The summed E-state index contributed by atoms with van der Waals surface area (Å²) in [5, 5.41) is 15.5. The molecular weight excluding hydrogens is 551 g/mol. The van der Waals surface area contributed by atoms with Gasteiger partial charge in [0.25, 0.3) is 5.69 Å². The van der Waals surface area contributed by atoms with Gasteiger partial charge in [-0.1, -0.05) is 0 Å². The number of anilines is 3. The molecule has 224 valence electrons. The van der Waals surface area contributed by atoms with Crippen LogP contribution in [-0.2, 0) is 0 Å². The molecule has 2 aliphatic heterocycles. The van der Waals surface area contributed by atoms with E-state index < -0.39 is 0 Å². The van der Waals surface area contributed by atoms with Crippen molar-refractivity contribution in [2.75, 3.05) is 63.6 Å². The number of methoxy groups -OCH3 is 1. The maximum Gasteiger partial charge on any atom is 0.294 e. The van der Waals surface area contributed by atoms with Crippen molar-refractivity contribution in [3.05, 3.63) is 83.1 Å². The Morgan fingerprint density at radius 3 is 2.42 bits per heavy atom. The number of rotatable bonds is 8. The van der Waals surface area contributed by atoms with Crippen LogP contribution in [0.3, 0.4) is 0 Å². The van der Waals surface area contributed by atoms with E-state index in [0.29, 0.717) is 34.8 Å². The lowest BCUT2D eigenvalue weighted by Crippen LogP contribution is -2.52. The molecule has 2 saturated heterocycles. The number of piperidine rings is 1. The zero-order valence-electron chi connectivity index (χ0n) is 24.3. The molecule has 11 nitrogen and oxygen atoms in total. The highest BCUT2D eigenvalue weighted by Crippen LogP contribution is 2.40. The lowest BCUT2D eigenvalue weighted by molar-refractivity contribution is -0.384. The van der Waals surface area contributed by atoms with E-state index in [0.717, 1.165) is 63.4 Å². The second-order valence-electron chi connectivity index (χ2n) is 11.0. The predicted octanol–water partition coefficient (Wildman–Crippen LogP) is 4.95. The van der Waals surface area contributed by atoms with Gasteiger partial charge in [-0.15, -0.1) is 0 Å². The van der Waals surface area contributed by atoms with Crippen molar-refractivity contribution in [3.8, 4) is 22.8 Å². The number of nitro benzene ring substituents is 1. The molecular formula is C31H35FN8O3. The SMILES string of the molecule is COc1cc(N2CCC(N3CCN(C)CC3)CC2)c([N+](=O)[O-])cc1Nc1cc(-n2ccnc2-c2ccc(F)cc2)ccn1. The first kappa shape index (κ1) is 28.6. The Morgan fingerprint density at radius 2 is 1.72 bits per heavy atom. The average Bonchev–Trinajstić information content (AvgIpc) is 3.52. The van der Waals surface area contributed by atoms with E-state index in [4.69, 9.17) is 4.74 Å². The molecule has 0 atom stereocenters. The normalized spacial score (nSPS) is 16.8. The van der Waals surface area contributed by atoms with E-state index in [-0.39, 0.29) is 16.4 Å². The Morgan fingerprint density at radius 1 is 0.977 bits per heavy atom. The van der Waals surface area contributed by atoms with Crippen molar-refractivity contribution in [1.29, 1.82) is 0 Å². The first-order valence-corrected chi connectivity index (χ1v) is 14.5. The van der Waals surface area contributed by atoms with Gasteiger partial charge in [-0.3, -0.25) is 19.6 Å². The number of aromatic nitrogens is 3. The first-order chi connectivity index (χ1) is 20.9. The summed E-state index contributed by atoms with van der Waals surface area (Å²) in [6.45, 7) is 5.79. The highest BCUT2D eigenvalue weighted by atomic mass is 19.1. The number of hydrogen-bond acceptors (Lipinski definition) is 9. The summed E-state index contributed by atoms with van der Waals surface area (Å²) in [5.41, 5.74) is 2.55. The van der Waals surface area contributed by atoms with Crippen molar-refractivity contribution in [2.45, 2.75) is 18.9 Å². The topological polar surface area (TPSA) is 105 Å². The maximum atomic E-state index is 13.5. The Labute approximate surface area is 249 Å². The summed E-state index contributed by atoms with van der Waals surface area (Å²) in [4.78, 5) is 27.8. The number of imidazole rings is 1. The number of pyridine rings is 1. The summed E-state index contributed by atoms with van der Waals surface area (Å²) in [6.07, 6.45) is 7.06. The number of nitro groups is 1. The van der Waals surface area contributed by atoms with Crippen molar-refractivity contribution >= 4 is 22.9 Å². The van der Waals surface area contributed by atoms with Crippen LogP contribution >= 0.6 is 0 Å². The quantitative estimate of drug-likeness (QED) is 0.227. The number of halogens is 1. The van der Waals surface area contributed by atoms with Gasteiger partial charge in [-0.2, -0.15) is 0 Å². The number of likely N-dealkylation sites (N-methyl/N-ethyl adjacent to an activating group) is 1. The minimum atomic E-state index is -0.336. The highest BCUT2D eigenvalue weighted by Gasteiger charge is 2.30. The van der Waals surface area contributed by atoms with Crippen LogP contribution in [0.15, 0.2) is 67.1 Å². The largest absolute Gasteiger partial charge is 0.494 e. The molecule has 0 saturated carbocycles. The van der Waals surface area contributed by atoms with Crippen LogP contribution in [-0.4, -0.2) is 88.7 Å². The third kappa shape index (κ3) is 6.15. The van der Waals surface area contributed by atoms with Gasteiger partial charge in [0.05, 0.1) is 23.4 Å². The number of hydrogen-bond donors (Lipinski definition) is 1. The minimum Gasteiger partial charge on any atom is -0.494 e. The molecule has 0 aliphatic carbocycles. The number of benzene rings is 2. The van der Waals surface area contributed by atoms with Crippen LogP contribution in [0.5, 0.6) is 5.75 Å². The molecule has 2 aromatic heterocycles. The van der Waals surface area contributed by atoms with Crippen molar-refractivity contribution in [2.24, 2.45) is 0 Å². The highest BCUT2D eigenvalue weighted by molar-refractivity contribution is 5.77. The zero-order valence-corrected chi connectivity index (χ0v) is 24.3. The smallest absolute Gasteiger partial charge is 0.294 e. The zero-order chi connectivity index (χ0) is 29.9. The summed E-state index contributed by atoms with van der Waals surface area (Å²) < 4.78 is 21.0. The summed E-state index contributed by atoms with van der Waals surface area (Å²) >= 11 is 0. The lowest BCUT2D eigenvalue weighted by Gasteiger charge is -2.42. The molecule has 2 fully saturated rings. The maximum absolute atomic E-state index is 13.5. The molecule has 2 aromatic carbocycles. The van der Waals surface area contributed by atoms with Crippen LogP contribution in [0.1, 0.15) is 12.8 Å². The molecule has 0 bridgehead atoms. The van der Waals surface area contributed by atoms with Gasteiger partial charge in [0.15, 0.2) is 0 Å². The van der Waals surface area contributed by atoms with Gasteiger partial charge in [-0.25, -0.2) is 14.4 Å². The Kier molecular flexibility index (Phi) is 8.21. The molecule has 2 aliphatic rings. The fraction of sp³-hybridized carbons (Fsp3) is 0.355. The van der Waals surface area contributed by atoms with Crippen LogP contribution in [0.4, 0.5) is 27.3 Å². The molecule has 4 heterocycles.